The van der Waals surface area contributed by atoms with Crippen LogP contribution in [-0.2, 0) is 0 Å². The summed E-state index contributed by atoms with van der Waals surface area (Å²) in [7, 11) is 0. The number of carbonyl (C=O) groups is 1. The van der Waals surface area contributed by atoms with Crippen molar-refractivity contribution in [3.05, 3.63) is 35.1 Å². The Labute approximate surface area is 134 Å². The number of hydrogen-bond donors (Lipinski definition) is 0. The summed E-state index contributed by atoms with van der Waals surface area (Å²) in [5, 5.41) is 3.82. The van der Waals surface area contributed by atoms with Gasteiger partial charge >= 0.3 is 0 Å². The van der Waals surface area contributed by atoms with E-state index in [0.29, 0.717) is 42.9 Å². The molecule has 7 nitrogen and oxygen atoms in total. The summed E-state index contributed by atoms with van der Waals surface area (Å²) >= 11 is 0. The molecule has 0 radical (unpaired) electrons. The number of rotatable bonds is 4. The van der Waals surface area contributed by atoms with Crippen LogP contribution in [0.1, 0.15) is 47.0 Å². The summed E-state index contributed by atoms with van der Waals surface area (Å²) in [4.78, 5) is 23.2. The molecule has 1 aliphatic rings. The zero-order valence-corrected chi connectivity index (χ0v) is 13.6. The van der Waals surface area contributed by atoms with Gasteiger partial charge in [-0.05, 0) is 39.3 Å². The number of carbonyl (C=O) groups excluding carboxylic acids is 1. The summed E-state index contributed by atoms with van der Waals surface area (Å²) in [5.41, 5.74) is 1.32. The Morgan fingerprint density at radius 3 is 2.91 bits per heavy atom. The van der Waals surface area contributed by atoms with Crippen molar-refractivity contribution in [2.24, 2.45) is 0 Å². The average molecular weight is 316 g/mol. The third-order valence-electron chi connectivity index (χ3n) is 3.88. The fourth-order valence-corrected chi connectivity index (χ4v) is 2.74. The van der Waals surface area contributed by atoms with Crippen molar-refractivity contribution in [1.82, 2.24) is 20.0 Å². The molecule has 0 unspecified atom stereocenters. The third kappa shape index (κ3) is 3.18. The highest BCUT2D eigenvalue weighted by atomic mass is 16.5. The Morgan fingerprint density at radius 1 is 1.39 bits per heavy atom. The molecule has 7 heteroatoms. The van der Waals surface area contributed by atoms with Crippen molar-refractivity contribution < 1.29 is 14.1 Å². The molecule has 0 N–H and O–H groups in total. The Morgan fingerprint density at radius 2 is 2.22 bits per heavy atom. The van der Waals surface area contributed by atoms with Gasteiger partial charge in [0, 0.05) is 18.8 Å². The number of nitrogens with zero attached hydrogens (tertiary/aromatic N) is 4. The molecule has 1 saturated heterocycles. The minimum Gasteiger partial charge on any atom is -0.477 e. The fourth-order valence-electron chi connectivity index (χ4n) is 2.74. The lowest BCUT2D eigenvalue weighted by atomic mass is 10.1. The van der Waals surface area contributed by atoms with Gasteiger partial charge < -0.3 is 14.2 Å². The average Bonchev–Trinajstić information content (AvgIpc) is 3.16. The van der Waals surface area contributed by atoms with E-state index < -0.39 is 0 Å². The van der Waals surface area contributed by atoms with Gasteiger partial charge in [-0.1, -0.05) is 5.16 Å². The maximum atomic E-state index is 12.8. The van der Waals surface area contributed by atoms with E-state index in [1.807, 2.05) is 19.9 Å². The molecular weight excluding hydrogens is 296 g/mol. The molecule has 0 saturated carbocycles. The van der Waals surface area contributed by atoms with Crippen molar-refractivity contribution in [2.75, 3.05) is 19.7 Å². The van der Waals surface area contributed by atoms with E-state index in [4.69, 9.17) is 9.26 Å². The lowest BCUT2D eigenvalue weighted by Crippen LogP contribution is -2.29. The van der Waals surface area contributed by atoms with E-state index >= 15 is 0 Å². The van der Waals surface area contributed by atoms with Crippen molar-refractivity contribution in [3.8, 4) is 5.88 Å². The van der Waals surface area contributed by atoms with E-state index in [1.165, 1.54) is 0 Å². The zero-order chi connectivity index (χ0) is 16.4. The van der Waals surface area contributed by atoms with E-state index in [-0.39, 0.29) is 11.8 Å². The number of ether oxygens (including phenoxy) is 1. The van der Waals surface area contributed by atoms with Gasteiger partial charge in [0.15, 0.2) is 5.82 Å². The fraction of sp³-hybridized carbons (Fsp3) is 0.500. The maximum Gasteiger partial charge on any atom is 0.259 e. The largest absolute Gasteiger partial charge is 0.477 e. The van der Waals surface area contributed by atoms with Gasteiger partial charge in [0.2, 0.25) is 11.8 Å². The van der Waals surface area contributed by atoms with Crippen LogP contribution in [0.4, 0.5) is 0 Å². The molecule has 1 aliphatic heterocycles. The molecule has 23 heavy (non-hydrogen) atoms. The lowest BCUT2D eigenvalue weighted by Gasteiger charge is -2.17. The number of aromatic nitrogens is 3. The zero-order valence-electron chi connectivity index (χ0n) is 13.6. The Kier molecular flexibility index (Phi) is 4.27. The molecule has 0 aromatic carbocycles. The number of amides is 1. The first-order chi connectivity index (χ1) is 11.1. The van der Waals surface area contributed by atoms with Gasteiger partial charge in [-0.3, -0.25) is 4.79 Å². The third-order valence-corrected chi connectivity index (χ3v) is 3.88. The molecule has 0 bridgehead atoms. The molecule has 0 aliphatic carbocycles. The van der Waals surface area contributed by atoms with E-state index in [1.54, 1.807) is 17.9 Å². The number of likely N-dealkylation sites (tertiary alicyclic amines) is 1. The van der Waals surface area contributed by atoms with Crippen LogP contribution in [0.3, 0.4) is 0 Å². The molecule has 1 amide bonds. The van der Waals surface area contributed by atoms with E-state index in [0.717, 1.165) is 12.1 Å². The second kappa shape index (κ2) is 6.36. The first kappa shape index (κ1) is 15.5. The molecule has 2 aromatic rings. The summed E-state index contributed by atoms with van der Waals surface area (Å²) in [6.07, 6.45) is 0.816. The first-order valence-corrected chi connectivity index (χ1v) is 7.78. The van der Waals surface area contributed by atoms with Crippen LogP contribution >= 0.6 is 0 Å². The van der Waals surface area contributed by atoms with Crippen molar-refractivity contribution in [1.29, 1.82) is 0 Å². The van der Waals surface area contributed by atoms with E-state index in [2.05, 4.69) is 15.1 Å². The molecule has 2 aromatic heterocycles. The molecule has 0 spiro atoms. The summed E-state index contributed by atoms with van der Waals surface area (Å²) in [5.74, 6) is 1.64. The normalized spacial score (nSPS) is 17.5. The van der Waals surface area contributed by atoms with Crippen LogP contribution in [0.25, 0.3) is 0 Å². The monoisotopic (exact) mass is 316 g/mol. The Bertz CT molecular complexity index is 713. The van der Waals surface area contributed by atoms with Crippen LogP contribution in [0.15, 0.2) is 16.7 Å². The first-order valence-electron chi connectivity index (χ1n) is 7.78. The van der Waals surface area contributed by atoms with Gasteiger partial charge in [-0.25, -0.2) is 4.98 Å². The van der Waals surface area contributed by atoms with Gasteiger partial charge in [0.25, 0.3) is 5.91 Å². The van der Waals surface area contributed by atoms with Crippen LogP contribution in [-0.4, -0.2) is 45.6 Å². The highest BCUT2D eigenvalue weighted by Crippen LogP contribution is 2.28. The molecule has 1 fully saturated rings. The van der Waals surface area contributed by atoms with Crippen molar-refractivity contribution >= 4 is 5.91 Å². The maximum absolute atomic E-state index is 12.8. The lowest BCUT2D eigenvalue weighted by molar-refractivity contribution is 0.0784. The molecule has 3 rings (SSSR count). The standard InChI is InChI=1S/C16H20N4O3/c1-4-22-15-13(6-5-10(2)17-15)16(21)20-8-7-12(9-20)14-18-11(3)19-23-14/h5-6,12H,4,7-9H2,1-3H3/t12-/m1/s1. The van der Waals surface area contributed by atoms with Crippen LogP contribution in [0.2, 0.25) is 0 Å². The quantitative estimate of drug-likeness (QED) is 0.859. The molecule has 3 heterocycles. The molecule has 1 atom stereocenters. The molecular formula is C16H20N4O3. The number of aryl methyl sites for hydroxylation is 2. The predicted molar refractivity (Wildman–Crippen MR) is 82.4 cm³/mol. The summed E-state index contributed by atoms with van der Waals surface area (Å²) < 4.78 is 10.7. The van der Waals surface area contributed by atoms with Crippen molar-refractivity contribution in [2.45, 2.75) is 33.1 Å². The topological polar surface area (TPSA) is 81.4 Å². The SMILES string of the molecule is CCOc1nc(C)ccc1C(=O)N1CC[C@@H](c2nc(C)no2)C1. The van der Waals surface area contributed by atoms with E-state index in [9.17, 15) is 4.79 Å². The minimum atomic E-state index is -0.0697. The number of pyridine rings is 1. The second-order valence-electron chi connectivity index (χ2n) is 5.65. The Hall–Kier alpha value is -2.44. The second-order valence-corrected chi connectivity index (χ2v) is 5.65. The summed E-state index contributed by atoms with van der Waals surface area (Å²) in [6.45, 7) is 7.24. The molecule has 122 valence electrons. The highest BCUT2D eigenvalue weighted by Gasteiger charge is 2.32. The van der Waals surface area contributed by atoms with Gasteiger partial charge in [-0.15, -0.1) is 0 Å². The van der Waals surface area contributed by atoms with Gasteiger partial charge in [-0.2, -0.15) is 4.98 Å². The van der Waals surface area contributed by atoms with Crippen LogP contribution < -0.4 is 4.74 Å². The predicted octanol–water partition coefficient (Wildman–Crippen LogP) is 2.11. The number of hydrogen-bond acceptors (Lipinski definition) is 6. The van der Waals surface area contributed by atoms with Gasteiger partial charge in [0.05, 0.1) is 12.5 Å². The minimum absolute atomic E-state index is 0.0697. The van der Waals surface area contributed by atoms with Crippen molar-refractivity contribution in [3.63, 3.8) is 0 Å². The Balaban J connectivity index is 1.76. The smallest absolute Gasteiger partial charge is 0.259 e. The van der Waals surface area contributed by atoms with Gasteiger partial charge in [0.1, 0.15) is 5.56 Å². The van der Waals surface area contributed by atoms with Crippen LogP contribution in [0.5, 0.6) is 5.88 Å². The highest BCUT2D eigenvalue weighted by molar-refractivity contribution is 5.96. The van der Waals surface area contributed by atoms with Crippen LogP contribution in [0, 0.1) is 13.8 Å². The summed E-state index contributed by atoms with van der Waals surface area (Å²) in [6, 6.07) is 3.60.